The molecule has 0 radical (unpaired) electrons. The van der Waals surface area contributed by atoms with Crippen LogP contribution < -0.4 is 4.90 Å². The molecule has 2 aromatic heterocycles. The van der Waals surface area contributed by atoms with Gasteiger partial charge in [-0.05, 0) is 93.0 Å². The Balaban J connectivity index is 1.12. The third-order valence-electron chi connectivity index (χ3n) is 13.4. The van der Waals surface area contributed by atoms with Crippen LogP contribution in [0, 0.1) is 0 Å². The lowest BCUT2D eigenvalue weighted by atomic mass is 9.67. The van der Waals surface area contributed by atoms with E-state index in [2.05, 4.69) is 241 Å². The van der Waals surface area contributed by atoms with Crippen molar-refractivity contribution in [3.63, 3.8) is 0 Å². The molecule has 1 aliphatic rings. The predicted octanol–water partition coefficient (Wildman–Crippen LogP) is 16.7. The van der Waals surface area contributed by atoms with Crippen LogP contribution in [0.2, 0.25) is 0 Å². The molecule has 0 amide bonds. The molecule has 0 unspecified atom stereocenters. The Bertz CT molecular complexity index is 3680. The maximum absolute atomic E-state index is 6.89. The summed E-state index contributed by atoms with van der Waals surface area (Å²) in [5.41, 5.74) is 17.8. The van der Waals surface area contributed by atoms with E-state index < -0.39 is 5.41 Å². The summed E-state index contributed by atoms with van der Waals surface area (Å²) >= 11 is 0. The molecular formula is C61H39NO2. The lowest BCUT2D eigenvalue weighted by molar-refractivity contribution is 0.669. The number of anilines is 3. The number of fused-ring (bicyclic) bond motifs is 9. The Morgan fingerprint density at radius 3 is 1.58 bits per heavy atom. The summed E-state index contributed by atoms with van der Waals surface area (Å²) in [6.45, 7) is 0. The van der Waals surface area contributed by atoms with Crippen molar-refractivity contribution in [3.05, 3.63) is 259 Å². The fourth-order valence-electron chi connectivity index (χ4n) is 10.6. The van der Waals surface area contributed by atoms with Crippen LogP contribution in [-0.2, 0) is 5.41 Å². The zero-order valence-electron chi connectivity index (χ0n) is 34.8. The molecule has 3 nitrogen and oxygen atoms in total. The van der Waals surface area contributed by atoms with E-state index in [4.69, 9.17) is 8.83 Å². The molecule has 12 aromatic rings. The first-order valence-electron chi connectivity index (χ1n) is 21.9. The van der Waals surface area contributed by atoms with Gasteiger partial charge in [0, 0.05) is 38.7 Å². The summed E-state index contributed by atoms with van der Waals surface area (Å²) in [6, 6.07) is 85.1. The lowest BCUT2D eigenvalue weighted by Gasteiger charge is -2.35. The molecule has 0 fully saturated rings. The van der Waals surface area contributed by atoms with Gasteiger partial charge in [0.2, 0.25) is 0 Å². The normalized spacial score (nSPS) is 12.8. The van der Waals surface area contributed by atoms with Crippen LogP contribution in [0.4, 0.5) is 17.1 Å². The van der Waals surface area contributed by atoms with Gasteiger partial charge in [-0.25, -0.2) is 0 Å². The van der Waals surface area contributed by atoms with Gasteiger partial charge in [0.15, 0.2) is 0 Å². The highest BCUT2D eigenvalue weighted by atomic mass is 16.3. The number of hydrogen-bond donors (Lipinski definition) is 0. The van der Waals surface area contributed by atoms with Crippen molar-refractivity contribution in [2.45, 2.75) is 5.41 Å². The molecule has 13 rings (SSSR count). The van der Waals surface area contributed by atoms with Crippen molar-refractivity contribution >= 4 is 60.9 Å². The minimum absolute atomic E-state index is 0.566. The van der Waals surface area contributed by atoms with E-state index in [1.807, 2.05) is 0 Å². The molecule has 0 saturated heterocycles. The van der Waals surface area contributed by atoms with Crippen LogP contribution in [0.3, 0.4) is 0 Å². The zero-order chi connectivity index (χ0) is 42.2. The van der Waals surface area contributed by atoms with E-state index >= 15 is 0 Å². The minimum atomic E-state index is -0.566. The number of nitrogens with zero attached hydrogens (tertiary/aromatic N) is 1. The summed E-state index contributed by atoms with van der Waals surface area (Å²) in [5.74, 6) is 0. The van der Waals surface area contributed by atoms with E-state index in [0.29, 0.717) is 0 Å². The van der Waals surface area contributed by atoms with Crippen LogP contribution in [0.5, 0.6) is 0 Å². The molecule has 2 heterocycles. The summed E-state index contributed by atoms with van der Waals surface area (Å²) in [7, 11) is 0. The van der Waals surface area contributed by atoms with Crippen molar-refractivity contribution in [1.82, 2.24) is 0 Å². The number of para-hydroxylation sites is 2. The summed E-state index contributed by atoms with van der Waals surface area (Å²) in [4.78, 5) is 2.43. The van der Waals surface area contributed by atoms with Crippen molar-refractivity contribution < 1.29 is 8.83 Å². The first kappa shape index (κ1) is 36.3. The van der Waals surface area contributed by atoms with Crippen molar-refractivity contribution in [2.24, 2.45) is 0 Å². The first-order chi connectivity index (χ1) is 31.8. The Morgan fingerprint density at radius 2 is 0.844 bits per heavy atom. The highest BCUT2D eigenvalue weighted by Crippen LogP contribution is 2.58. The number of furan rings is 2. The molecule has 0 bridgehead atoms. The standard InChI is InChI=1S/C61H39NO2/c1-5-18-40(19-6-1)46-28-17-29-50-52-38-44(33-37-57(52)63-59(46)50)62(55-36-35-47(41-20-7-2-8-21-41)60-58(55)51-27-14-16-31-56(51)64-60)45-32-34-49-48-26-13-15-30-53(48)61(54(49)39-45,42-22-9-3-10-23-42)43-24-11-4-12-25-43/h1-39H. The van der Waals surface area contributed by atoms with E-state index in [9.17, 15) is 0 Å². The van der Waals surface area contributed by atoms with Crippen LogP contribution in [0.25, 0.3) is 77.3 Å². The van der Waals surface area contributed by atoms with Crippen LogP contribution in [-0.4, -0.2) is 0 Å². The third-order valence-corrected chi connectivity index (χ3v) is 13.4. The fraction of sp³-hybridized carbons (Fsp3) is 0.0164. The quantitative estimate of drug-likeness (QED) is 0.160. The van der Waals surface area contributed by atoms with Crippen LogP contribution in [0.1, 0.15) is 22.3 Å². The van der Waals surface area contributed by atoms with Crippen LogP contribution in [0.15, 0.2) is 245 Å². The Morgan fingerprint density at radius 1 is 0.328 bits per heavy atom. The van der Waals surface area contributed by atoms with E-state index in [1.165, 1.54) is 33.4 Å². The fourth-order valence-corrected chi connectivity index (χ4v) is 10.6. The number of benzene rings is 10. The molecule has 64 heavy (non-hydrogen) atoms. The zero-order valence-corrected chi connectivity index (χ0v) is 34.8. The van der Waals surface area contributed by atoms with Gasteiger partial charge in [0.1, 0.15) is 22.3 Å². The number of hydrogen-bond acceptors (Lipinski definition) is 3. The van der Waals surface area contributed by atoms with Crippen molar-refractivity contribution in [2.75, 3.05) is 4.90 Å². The average Bonchev–Trinajstić information content (AvgIpc) is 4.04. The van der Waals surface area contributed by atoms with Gasteiger partial charge in [0.05, 0.1) is 16.5 Å². The highest BCUT2D eigenvalue weighted by molar-refractivity contribution is 6.18. The van der Waals surface area contributed by atoms with Gasteiger partial charge in [-0.3, -0.25) is 0 Å². The largest absolute Gasteiger partial charge is 0.455 e. The lowest BCUT2D eigenvalue weighted by Crippen LogP contribution is -2.28. The molecule has 0 aliphatic heterocycles. The minimum Gasteiger partial charge on any atom is -0.455 e. The first-order valence-corrected chi connectivity index (χ1v) is 21.9. The molecule has 0 saturated carbocycles. The monoisotopic (exact) mass is 817 g/mol. The molecular weight excluding hydrogens is 779 g/mol. The Hall–Kier alpha value is -8.40. The smallest absolute Gasteiger partial charge is 0.145 e. The predicted molar refractivity (Wildman–Crippen MR) is 264 cm³/mol. The maximum Gasteiger partial charge on any atom is 0.145 e. The number of rotatable bonds is 7. The average molecular weight is 818 g/mol. The van der Waals surface area contributed by atoms with E-state index in [0.717, 1.165) is 83.2 Å². The SMILES string of the molecule is c1ccc(-c2cccc3c2oc2ccc(N(c4ccc5c(c4)C(c4ccccc4)(c4ccccc4)c4ccccc4-5)c4ccc(-c5ccccc5)c5oc6ccccc6c45)cc23)cc1. The van der Waals surface area contributed by atoms with Gasteiger partial charge in [-0.1, -0.05) is 188 Å². The molecule has 0 N–H and O–H groups in total. The highest BCUT2D eigenvalue weighted by Gasteiger charge is 2.46. The van der Waals surface area contributed by atoms with Gasteiger partial charge in [0.25, 0.3) is 0 Å². The molecule has 0 spiro atoms. The molecule has 0 atom stereocenters. The molecule has 10 aromatic carbocycles. The molecule has 300 valence electrons. The summed E-state index contributed by atoms with van der Waals surface area (Å²) < 4.78 is 13.6. The second-order valence-corrected chi connectivity index (χ2v) is 16.7. The summed E-state index contributed by atoms with van der Waals surface area (Å²) in [5, 5.41) is 4.25. The Kier molecular flexibility index (Phi) is 8.13. The van der Waals surface area contributed by atoms with Crippen molar-refractivity contribution in [3.8, 4) is 33.4 Å². The topological polar surface area (TPSA) is 29.5 Å². The second kappa shape index (κ2) is 14.3. The van der Waals surface area contributed by atoms with Crippen molar-refractivity contribution in [1.29, 1.82) is 0 Å². The van der Waals surface area contributed by atoms with E-state index in [-0.39, 0.29) is 0 Å². The van der Waals surface area contributed by atoms with Crippen LogP contribution >= 0.6 is 0 Å². The van der Waals surface area contributed by atoms with Gasteiger partial charge in [-0.15, -0.1) is 0 Å². The molecule has 3 heteroatoms. The second-order valence-electron chi connectivity index (χ2n) is 16.7. The third kappa shape index (κ3) is 5.34. The van der Waals surface area contributed by atoms with Gasteiger partial charge in [-0.2, -0.15) is 0 Å². The Labute approximate surface area is 370 Å². The van der Waals surface area contributed by atoms with Gasteiger partial charge < -0.3 is 13.7 Å². The molecule has 1 aliphatic carbocycles. The summed E-state index contributed by atoms with van der Waals surface area (Å²) in [6.07, 6.45) is 0. The maximum atomic E-state index is 6.89. The van der Waals surface area contributed by atoms with Gasteiger partial charge >= 0.3 is 0 Å². The van der Waals surface area contributed by atoms with E-state index in [1.54, 1.807) is 0 Å².